The fourth-order valence-electron chi connectivity index (χ4n) is 2.10. The van der Waals surface area contributed by atoms with E-state index in [-0.39, 0.29) is 5.56 Å². The summed E-state index contributed by atoms with van der Waals surface area (Å²) in [6.45, 7) is 1.94. The van der Waals surface area contributed by atoms with Gasteiger partial charge in [-0.05, 0) is 24.6 Å². The van der Waals surface area contributed by atoms with Gasteiger partial charge in [0.2, 0.25) is 0 Å². The molecule has 0 spiro atoms. The standard InChI is InChI=1S/C14H11N3O2/c1-9-5-4-8-17-12(9)15-16-13(17)10-6-2-3-7-11(10)14(18)19/h2-8H,1H3,(H,18,19). The summed E-state index contributed by atoms with van der Waals surface area (Å²) in [5.41, 5.74) is 2.51. The van der Waals surface area contributed by atoms with Gasteiger partial charge in [0.25, 0.3) is 0 Å². The van der Waals surface area contributed by atoms with Crippen molar-refractivity contribution in [1.29, 1.82) is 0 Å². The number of hydrogen-bond acceptors (Lipinski definition) is 3. The average Bonchev–Trinajstić information content (AvgIpc) is 2.84. The third-order valence-corrected chi connectivity index (χ3v) is 3.03. The molecule has 5 nitrogen and oxygen atoms in total. The maximum Gasteiger partial charge on any atom is 0.336 e. The quantitative estimate of drug-likeness (QED) is 0.761. The van der Waals surface area contributed by atoms with E-state index in [0.717, 1.165) is 11.2 Å². The number of nitrogens with zero attached hydrogens (tertiary/aromatic N) is 3. The fraction of sp³-hybridized carbons (Fsp3) is 0.0714. The zero-order valence-electron chi connectivity index (χ0n) is 10.2. The van der Waals surface area contributed by atoms with Crippen LogP contribution in [0.3, 0.4) is 0 Å². The van der Waals surface area contributed by atoms with E-state index in [9.17, 15) is 9.90 Å². The van der Waals surface area contributed by atoms with Crippen molar-refractivity contribution in [3.8, 4) is 11.4 Å². The van der Waals surface area contributed by atoms with Crippen molar-refractivity contribution in [3.63, 3.8) is 0 Å². The minimum atomic E-state index is -0.972. The van der Waals surface area contributed by atoms with Gasteiger partial charge in [-0.15, -0.1) is 10.2 Å². The van der Waals surface area contributed by atoms with E-state index in [2.05, 4.69) is 10.2 Å². The van der Waals surface area contributed by atoms with Crippen LogP contribution in [0.1, 0.15) is 15.9 Å². The molecule has 2 aromatic heterocycles. The van der Waals surface area contributed by atoms with E-state index in [1.807, 2.05) is 25.3 Å². The highest BCUT2D eigenvalue weighted by atomic mass is 16.4. The molecule has 0 aliphatic carbocycles. The number of carbonyl (C=O) groups is 1. The number of carboxylic acids is 1. The highest BCUT2D eigenvalue weighted by Crippen LogP contribution is 2.23. The molecular formula is C14H11N3O2. The number of aromatic carboxylic acids is 1. The van der Waals surface area contributed by atoms with E-state index >= 15 is 0 Å². The van der Waals surface area contributed by atoms with Gasteiger partial charge in [0.15, 0.2) is 11.5 Å². The Hall–Kier alpha value is -2.69. The van der Waals surface area contributed by atoms with Crippen LogP contribution in [-0.4, -0.2) is 25.7 Å². The first-order chi connectivity index (χ1) is 9.18. The SMILES string of the molecule is Cc1cccn2c(-c3ccccc3C(=O)O)nnc12. The predicted molar refractivity (Wildman–Crippen MR) is 70.1 cm³/mol. The lowest BCUT2D eigenvalue weighted by molar-refractivity contribution is 0.0697. The maximum absolute atomic E-state index is 11.3. The second-order valence-corrected chi connectivity index (χ2v) is 4.26. The summed E-state index contributed by atoms with van der Waals surface area (Å²) in [4.78, 5) is 11.3. The van der Waals surface area contributed by atoms with Crippen molar-refractivity contribution in [3.05, 3.63) is 53.7 Å². The Morgan fingerprint density at radius 3 is 2.74 bits per heavy atom. The third-order valence-electron chi connectivity index (χ3n) is 3.03. The minimum absolute atomic E-state index is 0.221. The Kier molecular flexibility index (Phi) is 2.52. The molecule has 1 aromatic carbocycles. The number of pyridine rings is 1. The Morgan fingerprint density at radius 2 is 1.95 bits per heavy atom. The molecule has 2 heterocycles. The van der Waals surface area contributed by atoms with E-state index in [1.165, 1.54) is 0 Å². The number of rotatable bonds is 2. The number of carboxylic acid groups (broad SMARTS) is 1. The molecule has 0 bridgehead atoms. The summed E-state index contributed by atoms with van der Waals surface area (Å²) < 4.78 is 1.80. The first kappa shape index (κ1) is 11.4. The average molecular weight is 253 g/mol. The monoisotopic (exact) mass is 253 g/mol. The number of fused-ring (bicyclic) bond motifs is 1. The number of benzene rings is 1. The lowest BCUT2D eigenvalue weighted by Gasteiger charge is -2.04. The smallest absolute Gasteiger partial charge is 0.336 e. The number of aryl methyl sites for hydroxylation is 1. The van der Waals surface area contributed by atoms with Crippen LogP contribution in [-0.2, 0) is 0 Å². The molecule has 0 radical (unpaired) electrons. The molecule has 0 unspecified atom stereocenters. The normalized spacial score (nSPS) is 10.8. The van der Waals surface area contributed by atoms with Gasteiger partial charge in [0, 0.05) is 11.8 Å². The van der Waals surface area contributed by atoms with E-state index < -0.39 is 5.97 Å². The molecule has 0 aliphatic heterocycles. The van der Waals surface area contributed by atoms with Crippen molar-refractivity contribution in [1.82, 2.24) is 14.6 Å². The van der Waals surface area contributed by atoms with Crippen LogP contribution < -0.4 is 0 Å². The second kappa shape index (κ2) is 4.20. The van der Waals surface area contributed by atoms with Crippen molar-refractivity contribution in [2.24, 2.45) is 0 Å². The predicted octanol–water partition coefficient (Wildman–Crippen LogP) is 2.40. The van der Waals surface area contributed by atoms with Gasteiger partial charge in [-0.3, -0.25) is 4.40 Å². The molecule has 0 aliphatic rings. The van der Waals surface area contributed by atoms with Crippen molar-refractivity contribution in [2.45, 2.75) is 6.92 Å². The van der Waals surface area contributed by atoms with Crippen LogP contribution in [0, 0.1) is 6.92 Å². The fourth-order valence-corrected chi connectivity index (χ4v) is 2.10. The van der Waals surface area contributed by atoms with Gasteiger partial charge >= 0.3 is 5.97 Å². The molecule has 94 valence electrons. The molecule has 0 fully saturated rings. The van der Waals surface area contributed by atoms with Crippen molar-refractivity contribution < 1.29 is 9.90 Å². The van der Waals surface area contributed by atoms with Gasteiger partial charge in [-0.25, -0.2) is 4.79 Å². The molecule has 0 saturated heterocycles. The molecule has 5 heteroatoms. The van der Waals surface area contributed by atoms with Gasteiger partial charge in [0.05, 0.1) is 5.56 Å². The molecule has 3 aromatic rings. The van der Waals surface area contributed by atoms with Gasteiger partial charge in [-0.2, -0.15) is 0 Å². The molecular weight excluding hydrogens is 242 g/mol. The maximum atomic E-state index is 11.3. The van der Waals surface area contributed by atoms with Gasteiger partial charge in [-0.1, -0.05) is 24.3 Å². The lowest BCUT2D eigenvalue weighted by Crippen LogP contribution is -2.01. The zero-order valence-corrected chi connectivity index (χ0v) is 10.2. The van der Waals surface area contributed by atoms with Crippen LogP contribution in [0.5, 0.6) is 0 Å². The summed E-state index contributed by atoms with van der Waals surface area (Å²) in [6.07, 6.45) is 1.83. The van der Waals surface area contributed by atoms with Crippen LogP contribution in [0.25, 0.3) is 17.0 Å². The first-order valence-corrected chi connectivity index (χ1v) is 5.81. The number of hydrogen-bond donors (Lipinski definition) is 1. The molecule has 0 atom stereocenters. The Bertz CT molecular complexity index is 777. The summed E-state index contributed by atoms with van der Waals surface area (Å²) in [5.74, 6) is -0.434. The Balaban J connectivity index is 2.32. The third kappa shape index (κ3) is 1.76. The van der Waals surface area contributed by atoms with Crippen LogP contribution in [0.4, 0.5) is 0 Å². The highest BCUT2D eigenvalue weighted by molar-refractivity contribution is 5.95. The molecule has 19 heavy (non-hydrogen) atoms. The van der Waals surface area contributed by atoms with E-state index in [1.54, 1.807) is 28.7 Å². The molecule has 0 amide bonds. The highest BCUT2D eigenvalue weighted by Gasteiger charge is 2.16. The minimum Gasteiger partial charge on any atom is -0.478 e. The van der Waals surface area contributed by atoms with E-state index in [0.29, 0.717) is 11.4 Å². The Morgan fingerprint density at radius 1 is 1.16 bits per heavy atom. The largest absolute Gasteiger partial charge is 0.478 e. The Labute approximate surface area is 109 Å². The summed E-state index contributed by atoms with van der Waals surface area (Å²) >= 11 is 0. The molecule has 1 N–H and O–H groups in total. The molecule has 3 rings (SSSR count). The first-order valence-electron chi connectivity index (χ1n) is 5.81. The second-order valence-electron chi connectivity index (χ2n) is 4.26. The summed E-state index contributed by atoms with van der Waals surface area (Å²) in [6, 6.07) is 10.6. The summed E-state index contributed by atoms with van der Waals surface area (Å²) in [5, 5.41) is 17.5. The van der Waals surface area contributed by atoms with Gasteiger partial charge in [0.1, 0.15) is 0 Å². The number of aromatic nitrogens is 3. The van der Waals surface area contributed by atoms with Crippen molar-refractivity contribution in [2.75, 3.05) is 0 Å². The topological polar surface area (TPSA) is 67.5 Å². The van der Waals surface area contributed by atoms with Crippen LogP contribution in [0.2, 0.25) is 0 Å². The zero-order chi connectivity index (χ0) is 13.4. The van der Waals surface area contributed by atoms with Gasteiger partial charge < -0.3 is 5.11 Å². The summed E-state index contributed by atoms with van der Waals surface area (Å²) in [7, 11) is 0. The molecule has 0 saturated carbocycles. The van der Waals surface area contributed by atoms with Crippen molar-refractivity contribution >= 4 is 11.6 Å². The van der Waals surface area contributed by atoms with Crippen LogP contribution in [0.15, 0.2) is 42.6 Å². The van der Waals surface area contributed by atoms with E-state index in [4.69, 9.17) is 0 Å². The van der Waals surface area contributed by atoms with Crippen LogP contribution >= 0.6 is 0 Å². The lowest BCUT2D eigenvalue weighted by atomic mass is 10.1.